The molecule has 0 bridgehead atoms. The van der Waals surface area contributed by atoms with Gasteiger partial charge >= 0.3 is 0 Å². The first-order valence-electron chi connectivity index (χ1n) is 10.3. The Morgan fingerprint density at radius 2 is 1.29 bits per heavy atom. The van der Waals surface area contributed by atoms with Gasteiger partial charge in [0.25, 0.3) is 0 Å². The number of aliphatic hydroxyl groups excluding tert-OH is 1. The maximum atomic E-state index is 9.32. The quantitative estimate of drug-likeness (QED) is 0.429. The fourth-order valence-electron chi connectivity index (χ4n) is 3.27. The molecule has 0 amide bonds. The van der Waals surface area contributed by atoms with E-state index in [0.717, 1.165) is 5.56 Å². The molecule has 0 aliphatic rings. The van der Waals surface area contributed by atoms with E-state index in [0.29, 0.717) is 0 Å². The molecule has 0 unspecified atom stereocenters. The van der Waals surface area contributed by atoms with Crippen molar-refractivity contribution in [1.29, 1.82) is 0 Å². The van der Waals surface area contributed by atoms with E-state index < -0.39 is 8.07 Å². The highest BCUT2D eigenvalue weighted by Gasteiger charge is 2.26. The van der Waals surface area contributed by atoms with Crippen molar-refractivity contribution in [3.8, 4) is 0 Å². The second-order valence-corrected chi connectivity index (χ2v) is 16.0. The van der Waals surface area contributed by atoms with Crippen LogP contribution in [0.15, 0.2) is 42.5 Å². The predicted molar refractivity (Wildman–Crippen MR) is 127 cm³/mol. The van der Waals surface area contributed by atoms with Gasteiger partial charge in [0.1, 0.15) is 0 Å². The van der Waals surface area contributed by atoms with Crippen LogP contribution in [0.25, 0.3) is 11.3 Å². The summed E-state index contributed by atoms with van der Waals surface area (Å²) in [5.74, 6) is 0. The van der Waals surface area contributed by atoms with Crippen LogP contribution < -0.4 is 0 Å². The number of benzene rings is 2. The largest absolute Gasteiger partial charge is 0.392 e. The number of aliphatic hydroxyl groups is 1. The summed E-state index contributed by atoms with van der Waals surface area (Å²) in [6.07, 6.45) is 2.36. The number of rotatable bonds is 4. The Kier molecular flexibility index (Phi) is 6.47. The van der Waals surface area contributed by atoms with E-state index in [4.69, 9.17) is 0 Å². The third-order valence-corrected chi connectivity index (χ3v) is 7.31. The monoisotopic (exact) mass is 394 g/mol. The molecule has 2 aromatic rings. The van der Waals surface area contributed by atoms with Gasteiger partial charge in [-0.1, -0.05) is 115 Å². The molecule has 0 heterocycles. The molecular formula is C26H38OSi. The van der Waals surface area contributed by atoms with Crippen molar-refractivity contribution in [2.24, 2.45) is 0 Å². The zero-order valence-electron chi connectivity index (χ0n) is 19.3. The number of hydrogen-bond donors (Lipinski definition) is 1. The van der Waals surface area contributed by atoms with Gasteiger partial charge in [-0.3, -0.25) is 0 Å². The molecule has 0 fully saturated rings. The van der Waals surface area contributed by atoms with Gasteiger partial charge in [0, 0.05) is 0 Å². The molecule has 0 spiro atoms. The molecule has 0 saturated carbocycles. The van der Waals surface area contributed by atoms with Crippen molar-refractivity contribution in [2.45, 2.75) is 78.6 Å². The van der Waals surface area contributed by atoms with E-state index in [1.807, 2.05) is 12.1 Å². The van der Waals surface area contributed by atoms with Crippen molar-refractivity contribution in [2.75, 3.05) is 0 Å². The Balaban J connectivity index is 2.71. The van der Waals surface area contributed by atoms with Crippen molar-refractivity contribution in [3.05, 3.63) is 70.3 Å². The molecule has 152 valence electrons. The Hall–Kier alpha value is -1.64. The van der Waals surface area contributed by atoms with Gasteiger partial charge in [0.05, 0.1) is 14.7 Å². The first kappa shape index (κ1) is 22.6. The molecule has 2 heteroatoms. The first-order valence-corrected chi connectivity index (χ1v) is 13.8. The molecule has 2 rings (SSSR count). The minimum atomic E-state index is -1.58. The highest BCUT2D eigenvalue weighted by molar-refractivity contribution is 6.94. The third kappa shape index (κ3) is 5.68. The fraction of sp³-hybridized carbons (Fsp3) is 0.462. The third-order valence-electron chi connectivity index (χ3n) is 5.26. The molecule has 1 nitrogen and oxygen atoms in total. The maximum Gasteiger partial charge on any atom is 0.0784 e. The van der Waals surface area contributed by atoms with E-state index >= 15 is 0 Å². The SMILES string of the molecule is CC(C)(C)c1cc(C(=Cc2ccc(CO)cc2)[Si](C)(C)C)cc(C(C)(C)C)c1. The average Bonchev–Trinajstić information content (AvgIpc) is 2.57. The minimum Gasteiger partial charge on any atom is -0.392 e. The van der Waals surface area contributed by atoms with Gasteiger partial charge in [-0.25, -0.2) is 0 Å². The van der Waals surface area contributed by atoms with Crippen LogP contribution in [-0.2, 0) is 17.4 Å². The van der Waals surface area contributed by atoms with E-state index in [9.17, 15) is 5.11 Å². The summed E-state index contributed by atoms with van der Waals surface area (Å²) < 4.78 is 0. The topological polar surface area (TPSA) is 20.2 Å². The zero-order valence-corrected chi connectivity index (χ0v) is 20.3. The van der Waals surface area contributed by atoms with Crippen molar-refractivity contribution in [1.82, 2.24) is 0 Å². The van der Waals surface area contributed by atoms with Gasteiger partial charge in [-0.2, -0.15) is 0 Å². The van der Waals surface area contributed by atoms with Gasteiger partial charge in [-0.05, 0) is 38.6 Å². The zero-order chi connectivity index (χ0) is 21.3. The van der Waals surface area contributed by atoms with Crippen molar-refractivity contribution >= 4 is 19.3 Å². The lowest BCUT2D eigenvalue weighted by atomic mass is 9.79. The van der Waals surface area contributed by atoms with Crippen LogP contribution >= 0.6 is 0 Å². The predicted octanol–water partition coefficient (Wildman–Crippen LogP) is 7.19. The summed E-state index contributed by atoms with van der Waals surface area (Å²) in [5, 5.41) is 10.8. The van der Waals surface area contributed by atoms with E-state index in [-0.39, 0.29) is 17.4 Å². The van der Waals surface area contributed by atoms with Crippen LogP contribution in [0, 0.1) is 0 Å². The molecule has 0 radical (unpaired) electrons. The Labute approximate surface area is 173 Å². The molecule has 28 heavy (non-hydrogen) atoms. The lowest BCUT2D eigenvalue weighted by Gasteiger charge is -2.29. The van der Waals surface area contributed by atoms with E-state index in [1.54, 1.807) is 0 Å². The second kappa shape index (κ2) is 8.00. The van der Waals surface area contributed by atoms with Crippen molar-refractivity contribution in [3.63, 3.8) is 0 Å². The number of hydrogen-bond acceptors (Lipinski definition) is 1. The molecular weight excluding hydrogens is 356 g/mol. The van der Waals surface area contributed by atoms with Gasteiger partial charge in [0.15, 0.2) is 0 Å². The van der Waals surface area contributed by atoms with Crippen molar-refractivity contribution < 1.29 is 5.11 Å². The lowest BCUT2D eigenvalue weighted by Crippen LogP contribution is -2.24. The van der Waals surface area contributed by atoms with E-state index in [1.165, 1.54) is 27.5 Å². The normalized spacial score (nSPS) is 13.7. The van der Waals surface area contributed by atoms with Gasteiger partial charge < -0.3 is 5.11 Å². The molecule has 0 aromatic heterocycles. The highest BCUT2D eigenvalue weighted by atomic mass is 28.3. The van der Waals surface area contributed by atoms with Crippen LogP contribution in [0.3, 0.4) is 0 Å². The lowest BCUT2D eigenvalue weighted by molar-refractivity contribution is 0.282. The molecule has 0 aliphatic heterocycles. The maximum absolute atomic E-state index is 9.32. The first-order chi connectivity index (χ1) is 12.7. The summed E-state index contributed by atoms with van der Waals surface area (Å²) in [6.45, 7) is 21.1. The smallest absolute Gasteiger partial charge is 0.0784 e. The average molecular weight is 395 g/mol. The van der Waals surface area contributed by atoms with Crippen LogP contribution in [0.4, 0.5) is 0 Å². The second-order valence-electron chi connectivity index (χ2n) is 11.0. The molecule has 0 atom stereocenters. The summed E-state index contributed by atoms with van der Waals surface area (Å²) >= 11 is 0. The fourth-order valence-corrected chi connectivity index (χ4v) is 4.88. The van der Waals surface area contributed by atoms with Crippen LogP contribution in [-0.4, -0.2) is 13.2 Å². The van der Waals surface area contributed by atoms with Crippen LogP contribution in [0.2, 0.25) is 19.6 Å². The summed E-state index contributed by atoms with van der Waals surface area (Å²) in [6, 6.07) is 15.5. The van der Waals surface area contributed by atoms with Gasteiger partial charge in [-0.15, -0.1) is 0 Å². The molecule has 0 aliphatic carbocycles. The highest BCUT2D eigenvalue weighted by Crippen LogP contribution is 2.36. The summed E-state index contributed by atoms with van der Waals surface area (Å²) in [5.41, 5.74) is 6.55. The Bertz CT molecular complexity index is 806. The Morgan fingerprint density at radius 1 is 0.821 bits per heavy atom. The Morgan fingerprint density at radius 3 is 1.64 bits per heavy atom. The molecule has 0 saturated heterocycles. The van der Waals surface area contributed by atoms with Crippen LogP contribution in [0.1, 0.15) is 69.4 Å². The minimum absolute atomic E-state index is 0.0907. The standard InChI is InChI=1S/C26H38OSi/c1-25(2,3)22-15-21(16-23(17-22)26(4,5)6)24(28(7,8)9)14-19-10-12-20(18-27)13-11-19/h10-17,27H,18H2,1-9H3. The summed E-state index contributed by atoms with van der Waals surface area (Å²) in [4.78, 5) is 0. The molecule has 2 aromatic carbocycles. The van der Waals surface area contributed by atoms with Crippen LogP contribution in [0.5, 0.6) is 0 Å². The summed E-state index contributed by atoms with van der Waals surface area (Å²) in [7, 11) is -1.58. The van der Waals surface area contributed by atoms with Gasteiger partial charge in [0.2, 0.25) is 0 Å². The van der Waals surface area contributed by atoms with E-state index in [2.05, 4.69) is 97.6 Å². The molecule has 1 N–H and O–H groups in total.